The molecule has 0 radical (unpaired) electrons. The summed E-state index contributed by atoms with van der Waals surface area (Å²) in [5.74, 6) is -0.263. The minimum absolute atomic E-state index is 0.263. The summed E-state index contributed by atoms with van der Waals surface area (Å²) in [7, 11) is 1.40. The second kappa shape index (κ2) is 4.34. The van der Waals surface area contributed by atoms with Crippen molar-refractivity contribution >= 4 is 27.9 Å². The molecule has 0 fully saturated rings. The van der Waals surface area contributed by atoms with Gasteiger partial charge in [-0.3, -0.25) is 0 Å². The van der Waals surface area contributed by atoms with Crippen LogP contribution in [0.2, 0.25) is 14.8 Å². The third-order valence-corrected chi connectivity index (χ3v) is 8.07. The molecule has 0 heterocycles. The molecule has 0 N–H and O–H groups in total. The Hall–Kier alpha value is -0.511. The summed E-state index contributed by atoms with van der Waals surface area (Å²) in [6.45, 7) is 0. The van der Waals surface area contributed by atoms with Gasteiger partial charge in [0.25, 0.3) is 0 Å². The standard InChI is InChI=1S/C8H7O2.3CH3.Sn/c1-10-8(9)7-5-3-2-4-6-7;;;;/h3-6H,1H3;3*1H3;. The van der Waals surface area contributed by atoms with Crippen molar-refractivity contribution in [1.82, 2.24) is 0 Å². The van der Waals surface area contributed by atoms with Gasteiger partial charge in [0.15, 0.2) is 0 Å². The average molecular weight is 299 g/mol. The number of benzene rings is 1. The zero-order chi connectivity index (χ0) is 10.8. The molecule has 0 saturated heterocycles. The van der Waals surface area contributed by atoms with E-state index in [2.05, 4.69) is 31.7 Å². The number of rotatable bonds is 2. The Morgan fingerprint density at radius 3 is 2.00 bits per heavy atom. The zero-order valence-corrected chi connectivity index (χ0v) is 12.0. The molecule has 0 atom stereocenters. The van der Waals surface area contributed by atoms with Crippen LogP contribution in [0.1, 0.15) is 10.4 Å². The Labute approximate surface area is 89.1 Å². The second-order valence-electron chi connectivity index (χ2n) is 4.32. The molecule has 14 heavy (non-hydrogen) atoms. The summed E-state index contributed by atoms with van der Waals surface area (Å²) in [6.07, 6.45) is 0. The average Bonchev–Trinajstić information content (AvgIpc) is 2.15. The topological polar surface area (TPSA) is 26.3 Å². The molecular formula is C11H16O2Sn. The third-order valence-electron chi connectivity index (χ3n) is 2.17. The zero-order valence-electron chi connectivity index (χ0n) is 9.13. The van der Waals surface area contributed by atoms with Crippen LogP contribution in [0.3, 0.4) is 0 Å². The second-order valence-corrected chi connectivity index (χ2v) is 18.8. The van der Waals surface area contributed by atoms with Crippen molar-refractivity contribution < 1.29 is 9.53 Å². The van der Waals surface area contributed by atoms with Crippen LogP contribution in [0.5, 0.6) is 0 Å². The number of carbonyl (C=O) groups excluding carboxylic acids is 1. The summed E-state index contributed by atoms with van der Waals surface area (Å²) in [4.78, 5) is 18.2. The van der Waals surface area contributed by atoms with Gasteiger partial charge in [0.05, 0.1) is 0 Å². The minimum atomic E-state index is -1.96. The van der Waals surface area contributed by atoms with Crippen molar-refractivity contribution in [3.05, 3.63) is 29.8 Å². The van der Waals surface area contributed by atoms with E-state index in [9.17, 15) is 4.79 Å². The Kier molecular flexibility index (Phi) is 3.58. The SMILES string of the molecule is COC(=O)c1cc[c]([Sn]([CH3])([CH3])[CH3])cc1. The van der Waals surface area contributed by atoms with Crippen molar-refractivity contribution in [2.24, 2.45) is 0 Å². The van der Waals surface area contributed by atoms with E-state index in [1.54, 1.807) is 0 Å². The molecule has 0 spiro atoms. The van der Waals surface area contributed by atoms with Crippen LogP contribution in [0.15, 0.2) is 24.3 Å². The van der Waals surface area contributed by atoms with E-state index in [-0.39, 0.29) is 5.97 Å². The summed E-state index contributed by atoms with van der Waals surface area (Å²) in [6, 6.07) is 7.82. The maximum atomic E-state index is 11.2. The first-order valence-electron chi connectivity index (χ1n) is 4.64. The van der Waals surface area contributed by atoms with Gasteiger partial charge < -0.3 is 0 Å². The number of hydrogen-bond acceptors (Lipinski definition) is 2. The summed E-state index contributed by atoms with van der Waals surface area (Å²) < 4.78 is 6.06. The molecule has 76 valence electrons. The van der Waals surface area contributed by atoms with Crippen LogP contribution in [0.25, 0.3) is 0 Å². The first kappa shape index (κ1) is 11.6. The van der Waals surface area contributed by atoms with Crippen LogP contribution in [0.4, 0.5) is 0 Å². The monoisotopic (exact) mass is 300 g/mol. The van der Waals surface area contributed by atoms with Crippen LogP contribution in [-0.4, -0.2) is 31.5 Å². The van der Waals surface area contributed by atoms with Crippen molar-refractivity contribution in [3.8, 4) is 0 Å². The van der Waals surface area contributed by atoms with Gasteiger partial charge in [0.1, 0.15) is 0 Å². The number of methoxy groups -OCH3 is 1. The van der Waals surface area contributed by atoms with Gasteiger partial charge >= 0.3 is 89.2 Å². The van der Waals surface area contributed by atoms with E-state index in [1.165, 1.54) is 10.7 Å². The summed E-state index contributed by atoms with van der Waals surface area (Å²) in [5, 5.41) is 0. The summed E-state index contributed by atoms with van der Waals surface area (Å²) >= 11 is -1.96. The van der Waals surface area contributed by atoms with Gasteiger partial charge in [0.2, 0.25) is 0 Å². The molecule has 0 bridgehead atoms. The molecule has 0 aliphatic heterocycles. The van der Waals surface area contributed by atoms with Crippen molar-refractivity contribution in [2.45, 2.75) is 14.8 Å². The molecule has 1 rings (SSSR count). The fourth-order valence-corrected chi connectivity index (χ4v) is 4.55. The number of ether oxygens (including phenoxy) is 1. The molecule has 0 saturated carbocycles. The van der Waals surface area contributed by atoms with Crippen molar-refractivity contribution in [2.75, 3.05) is 7.11 Å². The first-order chi connectivity index (χ1) is 6.45. The van der Waals surface area contributed by atoms with Gasteiger partial charge in [-0.1, -0.05) is 0 Å². The van der Waals surface area contributed by atoms with E-state index in [0.717, 1.165) is 0 Å². The van der Waals surface area contributed by atoms with Gasteiger partial charge in [-0.15, -0.1) is 0 Å². The Morgan fingerprint density at radius 1 is 1.14 bits per heavy atom. The molecule has 0 aromatic heterocycles. The quantitative estimate of drug-likeness (QED) is 0.617. The first-order valence-corrected chi connectivity index (χ1v) is 14.6. The third kappa shape index (κ3) is 2.74. The Balaban J connectivity index is 2.95. The summed E-state index contributed by atoms with van der Waals surface area (Å²) in [5.41, 5.74) is 0.631. The number of hydrogen-bond donors (Lipinski definition) is 0. The molecule has 0 unspecified atom stereocenters. The van der Waals surface area contributed by atoms with Crippen LogP contribution in [-0.2, 0) is 4.74 Å². The fourth-order valence-electron chi connectivity index (χ4n) is 1.22. The Morgan fingerprint density at radius 2 is 1.64 bits per heavy atom. The molecule has 3 heteroatoms. The molecule has 0 aliphatic carbocycles. The number of esters is 1. The Bertz CT molecular complexity index is 322. The van der Waals surface area contributed by atoms with E-state index >= 15 is 0 Å². The van der Waals surface area contributed by atoms with Gasteiger partial charge in [-0.2, -0.15) is 0 Å². The van der Waals surface area contributed by atoms with Crippen molar-refractivity contribution in [3.63, 3.8) is 0 Å². The number of carbonyl (C=O) groups is 1. The molecule has 1 aromatic carbocycles. The van der Waals surface area contributed by atoms with E-state index in [1.807, 2.05) is 12.1 Å². The van der Waals surface area contributed by atoms with Crippen LogP contribution in [0, 0.1) is 0 Å². The van der Waals surface area contributed by atoms with E-state index in [4.69, 9.17) is 0 Å². The molecule has 2 nitrogen and oxygen atoms in total. The van der Waals surface area contributed by atoms with Gasteiger partial charge in [-0.05, 0) is 0 Å². The van der Waals surface area contributed by atoms with Gasteiger partial charge in [-0.25, -0.2) is 0 Å². The predicted octanol–water partition coefficient (Wildman–Crippen LogP) is 2.02. The normalized spacial score (nSPS) is 11.1. The fraction of sp³-hybridized carbons (Fsp3) is 0.364. The molecule has 0 aliphatic rings. The molecule has 1 aromatic rings. The van der Waals surface area contributed by atoms with Crippen LogP contribution >= 0.6 is 0 Å². The maximum absolute atomic E-state index is 11.2. The van der Waals surface area contributed by atoms with Crippen LogP contribution < -0.4 is 3.58 Å². The van der Waals surface area contributed by atoms with E-state index in [0.29, 0.717) is 5.56 Å². The molecular weight excluding hydrogens is 283 g/mol. The van der Waals surface area contributed by atoms with Crippen molar-refractivity contribution in [1.29, 1.82) is 0 Å². The molecule has 0 amide bonds. The van der Waals surface area contributed by atoms with E-state index < -0.39 is 18.4 Å². The van der Waals surface area contributed by atoms with Gasteiger partial charge in [0, 0.05) is 0 Å². The predicted molar refractivity (Wildman–Crippen MR) is 60.8 cm³/mol.